The Morgan fingerprint density at radius 3 is 2.50 bits per heavy atom. The summed E-state index contributed by atoms with van der Waals surface area (Å²) in [5.41, 5.74) is -0.397. The Bertz CT molecular complexity index is 1100. The minimum Gasteiger partial charge on any atom is -0.493 e. The van der Waals surface area contributed by atoms with Crippen LogP contribution in [0.15, 0.2) is 34.9 Å². The van der Waals surface area contributed by atoms with Crippen LogP contribution in [-0.2, 0) is 14.3 Å². The third-order valence-corrected chi connectivity index (χ3v) is 6.23. The zero-order valence-corrected chi connectivity index (χ0v) is 18.1. The summed E-state index contributed by atoms with van der Waals surface area (Å²) >= 11 is 0. The molecule has 4 heterocycles. The maximum Gasteiger partial charge on any atom is 0.235 e. The van der Waals surface area contributed by atoms with Gasteiger partial charge in [0.25, 0.3) is 0 Å². The van der Waals surface area contributed by atoms with E-state index in [1.165, 1.54) is 26.2 Å². The van der Waals surface area contributed by atoms with Gasteiger partial charge in [-0.1, -0.05) is 17.3 Å². The topological polar surface area (TPSA) is 112 Å². The molecular weight excluding hydrogens is 418 g/mol. The fourth-order valence-electron chi connectivity index (χ4n) is 4.85. The number of rotatable bonds is 6. The number of nitrogens with one attached hydrogen (secondary N) is 1. The Labute approximate surface area is 184 Å². The molecule has 0 radical (unpaired) electrons. The van der Waals surface area contributed by atoms with Crippen LogP contribution in [0.4, 0.5) is 11.5 Å². The van der Waals surface area contributed by atoms with Crippen molar-refractivity contribution in [3.8, 4) is 17.2 Å². The second-order valence-electron chi connectivity index (χ2n) is 8.02. The Balaban J connectivity index is 1.43. The molecule has 10 heteroatoms. The van der Waals surface area contributed by atoms with E-state index in [-0.39, 0.29) is 18.4 Å². The van der Waals surface area contributed by atoms with Gasteiger partial charge in [-0.3, -0.25) is 14.5 Å². The number of aryl methyl sites for hydroxylation is 1. The predicted molar refractivity (Wildman–Crippen MR) is 112 cm³/mol. The Morgan fingerprint density at radius 2 is 1.91 bits per heavy atom. The maximum atomic E-state index is 13.3. The second-order valence-corrected chi connectivity index (χ2v) is 8.02. The van der Waals surface area contributed by atoms with Crippen molar-refractivity contribution >= 4 is 23.3 Å². The third kappa shape index (κ3) is 2.86. The highest BCUT2D eigenvalue weighted by molar-refractivity contribution is 6.05. The van der Waals surface area contributed by atoms with Crippen molar-refractivity contribution in [2.24, 2.45) is 11.8 Å². The average Bonchev–Trinajstić information content (AvgIpc) is 3.53. The number of fused-ring (bicyclic) bond motifs is 1. The molecule has 2 aromatic rings. The maximum absolute atomic E-state index is 13.3. The SMILES string of the molecule is COc1cc(NC(=O)C2C3C(=O)N(c4cc(C)on4)C[C@@]34C=C[C@H]2O4)cc(OC)c1OC. The smallest absolute Gasteiger partial charge is 0.235 e. The normalized spacial score (nSPS) is 27.6. The van der Waals surface area contributed by atoms with Crippen LogP contribution in [0.25, 0.3) is 0 Å². The van der Waals surface area contributed by atoms with Crippen LogP contribution in [-0.4, -0.2) is 56.6 Å². The number of nitrogens with zero attached hydrogens (tertiary/aromatic N) is 2. The van der Waals surface area contributed by atoms with Gasteiger partial charge in [-0.25, -0.2) is 0 Å². The monoisotopic (exact) mass is 441 g/mol. The van der Waals surface area contributed by atoms with Crippen molar-refractivity contribution < 1.29 is 33.1 Å². The number of hydrogen-bond donors (Lipinski definition) is 1. The zero-order valence-electron chi connectivity index (χ0n) is 18.1. The number of carbonyl (C=O) groups excluding carboxylic acids is 2. The second kappa shape index (κ2) is 7.27. The Kier molecular flexibility index (Phi) is 4.63. The molecule has 4 atom stereocenters. The first-order chi connectivity index (χ1) is 15.4. The summed E-state index contributed by atoms with van der Waals surface area (Å²) in [6.07, 6.45) is 3.25. The van der Waals surface area contributed by atoms with E-state index < -0.39 is 23.5 Å². The average molecular weight is 441 g/mol. The van der Waals surface area contributed by atoms with E-state index in [0.717, 1.165) is 0 Å². The van der Waals surface area contributed by atoms with Gasteiger partial charge in [-0.2, -0.15) is 0 Å². The molecule has 2 unspecified atom stereocenters. The van der Waals surface area contributed by atoms with Crippen molar-refractivity contribution in [2.45, 2.75) is 18.6 Å². The number of hydrogen-bond acceptors (Lipinski definition) is 8. The quantitative estimate of drug-likeness (QED) is 0.677. The number of benzene rings is 1. The molecule has 1 spiro atoms. The summed E-state index contributed by atoms with van der Waals surface area (Å²) in [6.45, 7) is 2.04. The minimum atomic E-state index is -0.855. The van der Waals surface area contributed by atoms with E-state index in [1.54, 1.807) is 25.1 Å². The largest absolute Gasteiger partial charge is 0.493 e. The highest BCUT2D eigenvalue weighted by atomic mass is 16.5. The summed E-state index contributed by atoms with van der Waals surface area (Å²) in [7, 11) is 4.50. The van der Waals surface area contributed by atoms with Crippen molar-refractivity contribution in [1.29, 1.82) is 0 Å². The third-order valence-electron chi connectivity index (χ3n) is 6.23. The summed E-state index contributed by atoms with van der Waals surface area (Å²) in [6, 6.07) is 4.97. The van der Waals surface area contributed by atoms with Crippen molar-refractivity contribution in [3.63, 3.8) is 0 Å². The van der Waals surface area contributed by atoms with Crippen LogP contribution < -0.4 is 24.4 Å². The van der Waals surface area contributed by atoms with E-state index in [0.29, 0.717) is 34.5 Å². The summed E-state index contributed by atoms with van der Waals surface area (Å²) in [5, 5.41) is 6.84. The number of amides is 2. The molecule has 5 rings (SSSR count). The van der Waals surface area contributed by atoms with Crippen LogP contribution in [0.2, 0.25) is 0 Å². The molecule has 2 bridgehead atoms. The molecule has 2 amide bonds. The lowest BCUT2D eigenvalue weighted by Crippen LogP contribution is -2.41. The fraction of sp³-hybridized carbons (Fsp3) is 0.409. The number of methoxy groups -OCH3 is 3. The van der Waals surface area contributed by atoms with E-state index in [4.69, 9.17) is 23.5 Å². The van der Waals surface area contributed by atoms with E-state index in [2.05, 4.69) is 10.5 Å². The molecule has 10 nitrogen and oxygen atoms in total. The fourth-order valence-corrected chi connectivity index (χ4v) is 4.85. The molecule has 32 heavy (non-hydrogen) atoms. The number of ether oxygens (including phenoxy) is 4. The van der Waals surface area contributed by atoms with Gasteiger partial charge in [0.15, 0.2) is 17.3 Å². The molecule has 1 N–H and O–H groups in total. The summed E-state index contributed by atoms with van der Waals surface area (Å²) in [4.78, 5) is 28.2. The van der Waals surface area contributed by atoms with Gasteiger partial charge < -0.3 is 28.8 Å². The van der Waals surface area contributed by atoms with E-state index in [1.807, 2.05) is 12.2 Å². The molecule has 3 aliphatic rings. The minimum absolute atomic E-state index is 0.213. The van der Waals surface area contributed by atoms with E-state index >= 15 is 0 Å². The lowest BCUT2D eigenvalue weighted by molar-refractivity contribution is -0.128. The van der Waals surface area contributed by atoms with Gasteiger partial charge in [0.2, 0.25) is 17.6 Å². The molecule has 2 saturated heterocycles. The zero-order chi connectivity index (χ0) is 22.6. The van der Waals surface area contributed by atoms with Crippen LogP contribution in [0.1, 0.15) is 5.76 Å². The lowest BCUT2D eigenvalue weighted by atomic mass is 9.77. The Hall–Kier alpha value is -3.53. The van der Waals surface area contributed by atoms with Gasteiger partial charge in [-0.15, -0.1) is 0 Å². The number of carbonyl (C=O) groups is 2. The van der Waals surface area contributed by atoms with E-state index in [9.17, 15) is 9.59 Å². The molecule has 1 aromatic carbocycles. The molecule has 0 aliphatic carbocycles. The van der Waals surface area contributed by atoms with Crippen molar-refractivity contribution in [2.75, 3.05) is 38.1 Å². The van der Waals surface area contributed by atoms with Gasteiger partial charge in [-0.05, 0) is 6.92 Å². The van der Waals surface area contributed by atoms with Crippen molar-refractivity contribution in [3.05, 3.63) is 36.1 Å². The standard InChI is InChI=1S/C22H23N3O7/c1-11-7-16(24-32-11)25-10-22-6-5-13(31-22)17(18(22)21(25)27)20(26)23-12-8-14(28-2)19(30-4)15(9-12)29-3/h5-9,13,17-18H,10H2,1-4H3,(H,23,26)/t13-,17?,18?,22+/m1/s1. The van der Waals surface area contributed by atoms with Gasteiger partial charge in [0.05, 0.1) is 45.8 Å². The highest BCUT2D eigenvalue weighted by Gasteiger charge is 2.67. The highest BCUT2D eigenvalue weighted by Crippen LogP contribution is 2.53. The van der Waals surface area contributed by atoms with Crippen molar-refractivity contribution in [1.82, 2.24) is 5.16 Å². The molecule has 0 saturated carbocycles. The first-order valence-electron chi connectivity index (χ1n) is 10.1. The number of anilines is 2. The van der Waals surface area contributed by atoms with Crippen LogP contribution in [0, 0.1) is 18.8 Å². The van der Waals surface area contributed by atoms with Gasteiger partial charge >= 0.3 is 0 Å². The molecular formula is C22H23N3O7. The molecule has 2 fully saturated rings. The van der Waals surface area contributed by atoms with Crippen LogP contribution in [0.5, 0.6) is 17.2 Å². The molecule has 3 aliphatic heterocycles. The lowest BCUT2D eigenvalue weighted by Gasteiger charge is -2.23. The van der Waals surface area contributed by atoms with Crippen LogP contribution >= 0.6 is 0 Å². The van der Waals surface area contributed by atoms with Crippen LogP contribution in [0.3, 0.4) is 0 Å². The molecule has 168 valence electrons. The van der Waals surface area contributed by atoms with Gasteiger partial charge in [0, 0.05) is 23.9 Å². The summed E-state index contributed by atoms with van der Waals surface area (Å²) < 4.78 is 27.3. The number of aromatic nitrogens is 1. The Morgan fingerprint density at radius 1 is 1.19 bits per heavy atom. The van der Waals surface area contributed by atoms with Gasteiger partial charge in [0.1, 0.15) is 11.4 Å². The first kappa shape index (κ1) is 20.4. The predicted octanol–water partition coefficient (Wildman–Crippen LogP) is 1.93. The first-order valence-corrected chi connectivity index (χ1v) is 10.1. The summed E-state index contributed by atoms with van der Waals surface area (Å²) in [5.74, 6) is 0.366. The molecule has 1 aromatic heterocycles.